The smallest absolute Gasteiger partial charge is 0.321 e. The number of imidazole rings is 1. The van der Waals surface area contributed by atoms with E-state index in [2.05, 4.69) is 19.7 Å². The Balaban J connectivity index is 1.48. The summed E-state index contributed by atoms with van der Waals surface area (Å²) in [5.41, 5.74) is 2.37. The molecule has 152 valence electrons. The number of aromatic nitrogens is 4. The monoisotopic (exact) mass is 429 g/mol. The van der Waals surface area contributed by atoms with Crippen LogP contribution in [0.15, 0.2) is 49.2 Å². The minimum atomic E-state index is -4.58. The molecule has 0 bridgehead atoms. The van der Waals surface area contributed by atoms with E-state index >= 15 is 0 Å². The zero-order chi connectivity index (χ0) is 20.9. The molecular formula is C20H14F3N5OS. The third kappa shape index (κ3) is 3.43. The standard InChI is InChI=1S/C20H14F3N5OS/c21-20(22,23)15-7-13(5-6-25-15)26-19(29)18-16(11-1-2-11)17(27-30-18)12-3-4-14-8-24-10-28(14)9-12/h3-11H,1-2H2,(H,25,26,29). The molecule has 10 heteroatoms. The van der Waals surface area contributed by atoms with Crippen LogP contribution in [0.5, 0.6) is 0 Å². The molecule has 4 aromatic heterocycles. The lowest BCUT2D eigenvalue weighted by molar-refractivity contribution is -0.141. The molecule has 0 radical (unpaired) electrons. The van der Waals surface area contributed by atoms with Crippen LogP contribution in [-0.4, -0.2) is 24.6 Å². The minimum absolute atomic E-state index is 0.0406. The summed E-state index contributed by atoms with van der Waals surface area (Å²) in [6.45, 7) is 0. The van der Waals surface area contributed by atoms with Gasteiger partial charge in [-0.15, -0.1) is 0 Å². The highest BCUT2D eigenvalue weighted by atomic mass is 32.1. The maximum absolute atomic E-state index is 12.9. The lowest BCUT2D eigenvalue weighted by atomic mass is 10.0. The Hall–Kier alpha value is -3.27. The first-order valence-electron chi connectivity index (χ1n) is 9.16. The molecule has 0 saturated heterocycles. The van der Waals surface area contributed by atoms with Crippen molar-refractivity contribution in [2.24, 2.45) is 0 Å². The van der Waals surface area contributed by atoms with Crippen molar-refractivity contribution in [2.45, 2.75) is 24.9 Å². The number of hydrogen-bond acceptors (Lipinski definition) is 5. The molecule has 30 heavy (non-hydrogen) atoms. The number of rotatable bonds is 4. The number of fused-ring (bicyclic) bond motifs is 1. The molecule has 0 spiro atoms. The van der Waals surface area contributed by atoms with E-state index in [1.165, 1.54) is 6.07 Å². The van der Waals surface area contributed by atoms with E-state index in [1.807, 2.05) is 22.7 Å². The van der Waals surface area contributed by atoms with E-state index in [0.29, 0.717) is 4.88 Å². The van der Waals surface area contributed by atoms with Crippen molar-refractivity contribution in [1.82, 2.24) is 18.7 Å². The van der Waals surface area contributed by atoms with Crippen molar-refractivity contribution < 1.29 is 18.0 Å². The van der Waals surface area contributed by atoms with Crippen LogP contribution in [0.25, 0.3) is 16.8 Å². The number of carbonyl (C=O) groups is 1. The minimum Gasteiger partial charge on any atom is -0.321 e. The van der Waals surface area contributed by atoms with E-state index in [1.54, 1.807) is 12.5 Å². The number of hydrogen-bond donors (Lipinski definition) is 1. The van der Waals surface area contributed by atoms with E-state index in [-0.39, 0.29) is 11.6 Å². The Bertz CT molecular complexity index is 1260. The number of halogens is 3. The fourth-order valence-electron chi connectivity index (χ4n) is 3.33. The zero-order valence-electron chi connectivity index (χ0n) is 15.3. The molecule has 0 aromatic carbocycles. The molecule has 4 heterocycles. The zero-order valence-corrected chi connectivity index (χ0v) is 16.2. The van der Waals surface area contributed by atoms with Crippen molar-refractivity contribution in [3.05, 3.63) is 65.3 Å². The van der Waals surface area contributed by atoms with Crippen LogP contribution in [0.2, 0.25) is 0 Å². The van der Waals surface area contributed by atoms with Crippen LogP contribution in [0.1, 0.15) is 39.7 Å². The van der Waals surface area contributed by atoms with Crippen molar-refractivity contribution >= 4 is 28.6 Å². The summed E-state index contributed by atoms with van der Waals surface area (Å²) < 4.78 is 45.1. The summed E-state index contributed by atoms with van der Waals surface area (Å²) in [6, 6.07) is 6.01. The van der Waals surface area contributed by atoms with Crippen molar-refractivity contribution in [3.63, 3.8) is 0 Å². The second kappa shape index (κ2) is 6.91. The highest BCUT2D eigenvalue weighted by molar-refractivity contribution is 7.08. The molecule has 1 N–H and O–H groups in total. The first kappa shape index (κ1) is 18.7. The molecule has 0 aliphatic heterocycles. The van der Waals surface area contributed by atoms with Gasteiger partial charge in [-0.05, 0) is 54.6 Å². The van der Waals surface area contributed by atoms with E-state index in [4.69, 9.17) is 0 Å². The van der Waals surface area contributed by atoms with Crippen molar-refractivity contribution in [1.29, 1.82) is 0 Å². The Morgan fingerprint density at radius 1 is 1.23 bits per heavy atom. The number of nitrogens with one attached hydrogen (secondary N) is 1. The highest BCUT2D eigenvalue weighted by Gasteiger charge is 2.35. The SMILES string of the molecule is O=C(Nc1ccnc(C(F)(F)F)c1)c1snc(-c2ccc3cncn3c2)c1C1CC1. The fourth-order valence-corrected chi connectivity index (χ4v) is 4.21. The van der Waals surface area contributed by atoms with Crippen LogP contribution in [-0.2, 0) is 6.18 Å². The Labute approximate surface area is 172 Å². The first-order valence-corrected chi connectivity index (χ1v) is 9.94. The van der Waals surface area contributed by atoms with Gasteiger partial charge in [-0.1, -0.05) is 0 Å². The first-order chi connectivity index (χ1) is 14.4. The summed E-state index contributed by atoms with van der Waals surface area (Å²) in [5, 5.41) is 2.56. The van der Waals surface area contributed by atoms with Crippen molar-refractivity contribution in [2.75, 3.05) is 5.32 Å². The van der Waals surface area contributed by atoms with Crippen LogP contribution in [0.3, 0.4) is 0 Å². The van der Waals surface area contributed by atoms with Gasteiger partial charge in [-0.3, -0.25) is 9.78 Å². The van der Waals surface area contributed by atoms with Gasteiger partial charge in [-0.2, -0.15) is 17.5 Å². The summed E-state index contributed by atoms with van der Waals surface area (Å²) in [4.78, 5) is 20.7. The van der Waals surface area contributed by atoms with E-state index < -0.39 is 17.8 Å². The lowest BCUT2D eigenvalue weighted by Crippen LogP contribution is -2.14. The van der Waals surface area contributed by atoms with Gasteiger partial charge in [0.15, 0.2) is 0 Å². The normalized spacial score (nSPS) is 14.2. The highest BCUT2D eigenvalue weighted by Crippen LogP contribution is 2.47. The average Bonchev–Trinajstić information content (AvgIpc) is 3.27. The largest absolute Gasteiger partial charge is 0.433 e. The van der Waals surface area contributed by atoms with E-state index in [0.717, 1.165) is 59.0 Å². The molecule has 0 unspecified atom stereocenters. The van der Waals surface area contributed by atoms with Crippen LogP contribution < -0.4 is 5.32 Å². The molecule has 4 aromatic rings. The van der Waals surface area contributed by atoms with Gasteiger partial charge in [0.25, 0.3) is 5.91 Å². The maximum Gasteiger partial charge on any atom is 0.433 e. The van der Waals surface area contributed by atoms with Gasteiger partial charge in [0, 0.05) is 29.2 Å². The van der Waals surface area contributed by atoms with Crippen LogP contribution in [0.4, 0.5) is 18.9 Å². The summed E-state index contributed by atoms with van der Waals surface area (Å²) in [6.07, 6.45) is 3.69. The molecular weight excluding hydrogens is 415 g/mol. The van der Waals surface area contributed by atoms with Crippen LogP contribution >= 0.6 is 11.5 Å². The number of carbonyl (C=O) groups excluding carboxylic acids is 1. The summed E-state index contributed by atoms with van der Waals surface area (Å²) >= 11 is 1.06. The molecule has 1 aliphatic carbocycles. The van der Waals surface area contributed by atoms with Gasteiger partial charge in [0.1, 0.15) is 10.6 Å². The van der Waals surface area contributed by atoms with Crippen LogP contribution in [0, 0.1) is 0 Å². The predicted molar refractivity (Wildman–Crippen MR) is 105 cm³/mol. The van der Waals surface area contributed by atoms with Gasteiger partial charge in [0.05, 0.1) is 23.7 Å². The quantitative estimate of drug-likeness (QED) is 0.496. The second-order valence-electron chi connectivity index (χ2n) is 7.07. The maximum atomic E-state index is 12.9. The Morgan fingerprint density at radius 2 is 2.07 bits per heavy atom. The lowest BCUT2D eigenvalue weighted by Gasteiger charge is -2.09. The topological polar surface area (TPSA) is 72.2 Å². The third-order valence-corrected chi connectivity index (χ3v) is 5.77. The number of amides is 1. The molecule has 1 amide bonds. The summed E-state index contributed by atoms with van der Waals surface area (Å²) in [5.74, 6) is -0.246. The molecule has 5 rings (SSSR count). The van der Waals surface area contributed by atoms with Crippen molar-refractivity contribution in [3.8, 4) is 11.3 Å². The third-order valence-electron chi connectivity index (χ3n) is 4.91. The molecule has 0 atom stereocenters. The fraction of sp³-hybridized carbons (Fsp3) is 0.200. The number of pyridine rings is 2. The molecule has 1 saturated carbocycles. The number of alkyl halides is 3. The Morgan fingerprint density at radius 3 is 2.83 bits per heavy atom. The average molecular weight is 429 g/mol. The number of anilines is 1. The van der Waals surface area contributed by atoms with Gasteiger partial charge in [0.2, 0.25) is 0 Å². The molecule has 6 nitrogen and oxygen atoms in total. The second-order valence-corrected chi connectivity index (χ2v) is 7.85. The predicted octanol–water partition coefficient (Wildman–Crippen LogP) is 5.00. The van der Waals surface area contributed by atoms with E-state index in [9.17, 15) is 18.0 Å². The number of nitrogens with zero attached hydrogens (tertiary/aromatic N) is 4. The van der Waals surface area contributed by atoms with Gasteiger partial charge >= 0.3 is 6.18 Å². The Kier molecular flexibility index (Phi) is 4.31. The molecule has 1 aliphatic rings. The van der Waals surface area contributed by atoms with Gasteiger partial charge < -0.3 is 9.72 Å². The summed E-state index contributed by atoms with van der Waals surface area (Å²) in [7, 11) is 0. The van der Waals surface area contributed by atoms with Gasteiger partial charge in [-0.25, -0.2) is 4.98 Å². The molecule has 1 fully saturated rings.